The number of ether oxygens (including phenoxy) is 6. The molecule has 0 bridgehead atoms. The van der Waals surface area contributed by atoms with Crippen molar-refractivity contribution in [3.05, 3.63) is 95.1 Å². The Bertz CT molecular complexity index is 2560. The van der Waals surface area contributed by atoms with E-state index in [1.165, 1.54) is 0 Å². The van der Waals surface area contributed by atoms with Gasteiger partial charge in [0, 0.05) is 0 Å². The normalized spacial score (nSPS) is 12.9. The van der Waals surface area contributed by atoms with Gasteiger partial charge in [-0.1, -0.05) is 72.8 Å². The molecule has 0 heterocycles. The lowest BCUT2D eigenvalue weighted by atomic mass is 9.94. The second-order valence-corrected chi connectivity index (χ2v) is 24.4. The molecule has 0 saturated carbocycles. The minimum absolute atomic E-state index is 0.132. The molecule has 21 heteroatoms. The summed E-state index contributed by atoms with van der Waals surface area (Å²) in [6.07, 6.45) is -9.36. The largest absolute Gasteiger partial charge is 0.490 e. The monoisotopic (exact) mass is 1110 g/mol. The maximum absolute atomic E-state index is 13.1. The second-order valence-electron chi connectivity index (χ2n) is 24.4. The number of carboxylic acid groups (broad SMARTS) is 1. The molecular formula is C58H81F3N4O14. The van der Waals surface area contributed by atoms with Crippen molar-refractivity contribution >= 4 is 64.1 Å². The summed E-state index contributed by atoms with van der Waals surface area (Å²) in [7, 11) is 0. The number of rotatable bonds is 8. The Labute approximate surface area is 461 Å². The van der Waals surface area contributed by atoms with Crippen LogP contribution < -0.4 is 10.6 Å². The predicted octanol–water partition coefficient (Wildman–Crippen LogP) is 14.8. The first kappa shape index (κ1) is 67.8. The smallest absolute Gasteiger partial charge is 0.475 e. The lowest BCUT2D eigenvalue weighted by Crippen LogP contribution is -2.43. The fourth-order valence-electron chi connectivity index (χ4n) is 6.97. The SMILES string of the molecule is CC(C)(C)OC(=O)N(Cc1cccc2c(CN(C(=O)OC(C)(C)C)C(=O)OC(C)(C)C)cccc12)C(=O)OC(C)(C)C.CC(NC(=O)OC(C)(C)C)c1cccc2c(C(C)NC(=O)OC(C)(C)C)cccc12.O=C(O)C(F)(F)F. The van der Waals surface area contributed by atoms with Gasteiger partial charge in [-0.3, -0.25) is 0 Å². The van der Waals surface area contributed by atoms with Crippen LogP contribution in [0.1, 0.15) is 173 Å². The fourth-order valence-corrected chi connectivity index (χ4v) is 6.97. The molecule has 2 unspecified atom stereocenters. The van der Waals surface area contributed by atoms with Crippen LogP contribution in [0.4, 0.5) is 41.9 Å². The number of amides is 6. The zero-order chi connectivity index (χ0) is 61.0. The van der Waals surface area contributed by atoms with Gasteiger partial charge in [0.25, 0.3) is 0 Å². The molecule has 3 N–H and O–H groups in total. The van der Waals surface area contributed by atoms with E-state index in [0.717, 1.165) is 31.7 Å². The molecule has 0 aliphatic carbocycles. The zero-order valence-electron chi connectivity index (χ0n) is 49.3. The number of carboxylic acids is 1. The number of carbonyl (C=O) groups is 7. The van der Waals surface area contributed by atoms with Crippen molar-refractivity contribution in [2.75, 3.05) is 0 Å². The number of fused-ring (bicyclic) bond motifs is 2. The summed E-state index contributed by atoms with van der Waals surface area (Å²) in [6.45, 7) is 35.1. The molecular weight excluding hydrogens is 1030 g/mol. The molecule has 4 aromatic carbocycles. The molecule has 0 radical (unpaired) electrons. The average molecular weight is 1120 g/mol. The fraction of sp³-hybridized carbons (Fsp3) is 0.534. The standard InChI is InChI=1S/C32H46N2O8.C24H34N2O4.C2HF3O2/c1-29(2,3)39-25(35)33(26(36)40-30(4,5)6)19-21-15-13-18-24-22(16-14-17-23(21)24)20-34(27(37)41-31(7,8)9)28(38)42-32(10,11)12;1-15(25-21(27)29-23(3,4)5)17-11-9-14-20-18(12-10-13-19(17)20)16(2)26-22(28)30-24(6,7)8;3-2(4,5)1(6)7/h13-18H,19-20H2,1-12H3;9-16H,1-8H3,(H,25,27)(H,26,28);(H,6,7). The van der Waals surface area contributed by atoms with E-state index in [-0.39, 0.29) is 25.2 Å². The number of hydrogen-bond donors (Lipinski definition) is 3. The van der Waals surface area contributed by atoms with Crippen LogP contribution in [-0.2, 0) is 46.3 Å². The topological polar surface area (TPSA) is 226 Å². The minimum atomic E-state index is -5.08. The van der Waals surface area contributed by atoms with Gasteiger partial charge in [0.1, 0.15) is 33.6 Å². The van der Waals surface area contributed by atoms with E-state index in [0.29, 0.717) is 21.9 Å². The Morgan fingerprint density at radius 3 is 0.873 bits per heavy atom. The zero-order valence-corrected chi connectivity index (χ0v) is 49.3. The van der Waals surface area contributed by atoms with Crippen LogP contribution in [0.25, 0.3) is 21.5 Å². The Kier molecular flexibility index (Phi) is 22.8. The van der Waals surface area contributed by atoms with Crippen LogP contribution in [0.2, 0.25) is 0 Å². The number of aliphatic carboxylic acids is 1. The van der Waals surface area contributed by atoms with Gasteiger partial charge in [-0.15, -0.1) is 0 Å². The number of nitrogens with one attached hydrogen (secondary N) is 2. The van der Waals surface area contributed by atoms with Gasteiger partial charge in [0.2, 0.25) is 0 Å². The van der Waals surface area contributed by atoms with E-state index in [2.05, 4.69) is 10.6 Å². The second kappa shape index (κ2) is 26.6. The molecule has 0 aromatic heterocycles. The Morgan fingerprint density at radius 2 is 0.646 bits per heavy atom. The first-order valence-electron chi connectivity index (χ1n) is 25.4. The lowest BCUT2D eigenvalue weighted by Gasteiger charge is -2.29. The van der Waals surface area contributed by atoms with E-state index in [9.17, 15) is 41.9 Å². The molecule has 0 aliphatic heterocycles. The molecule has 438 valence electrons. The number of alkyl carbamates (subject to hydrolysis) is 2. The summed E-state index contributed by atoms with van der Waals surface area (Å²) >= 11 is 0. The summed E-state index contributed by atoms with van der Waals surface area (Å²) in [6, 6.07) is 22.2. The minimum Gasteiger partial charge on any atom is -0.475 e. The Morgan fingerprint density at radius 1 is 0.418 bits per heavy atom. The number of nitrogens with zero attached hydrogens (tertiary/aromatic N) is 2. The van der Waals surface area contributed by atoms with Crippen LogP contribution in [0.5, 0.6) is 0 Å². The van der Waals surface area contributed by atoms with E-state index < -0.39 is 82.3 Å². The Balaban J connectivity index is 0.000000501. The van der Waals surface area contributed by atoms with Gasteiger partial charge < -0.3 is 44.2 Å². The first-order chi connectivity index (χ1) is 35.7. The van der Waals surface area contributed by atoms with E-state index in [4.69, 9.17) is 38.3 Å². The number of hydrogen-bond acceptors (Lipinski definition) is 13. The number of halogens is 3. The van der Waals surface area contributed by atoms with Crippen LogP contribution in [0.3, 0.4) is 0 Å². The molecule has 18 nitrogen and oxygen atoms in total. The van der Waals surface area contributed by atoms with Gasteiger partial charge >= 0.3 is 48.7 Å². The highest BCUT2D eigenvalue weighted by atomic mass is 19.4. The highest BCUT2D eigenvalue weighted by molar-refractivity contribution is 5.94. The van der Waals surface area contributed by atoms with Crippen molar-refractivity contribution in [1.82, 2.24) is 20.4 Å². The third kappa shape index (κ3) is 24.5. The van der Waals surface area contributed by atoms with Crippen LogP contribution >= 0.6 is 0 Å². The summed E-state index contributed by atoms with van der Waals surface area (Å²) < 4.78 is 64.5. The maximum atomic E-state index is 13.1. The lowest BCUT2D eigenvalue weighted by molar-refractivity contribution is -0.192. The highest BCUT2D eigenvalue weighted by Gasteiger charge is 2.38. The third-order valence-corrected chi connectivity index (χ3v) is 9.85. The van der Waals surface area contributed by atoms with Gasteiger partial charge in [0.05, 0.1) is 25.2 Å². The van der Waals surface area contributed by atoms with E-state index >= 15 is 0 Å². The molecule has 0 spiro atoms. The van der Waals surface area contributed by atoms with Crippen molar-refractivity contribution in [3.8, 4) is 0 Å². The Hall–Kier alpha value is -7.32. The molecule has 4 rings (SSSR count). The number of alkyl halides is 3. The van der Waals surface area contributed by atoms with Crippen molar-refractivity contribution in [3.63, 3.8) is 0 Å². The molecule has 4 aromatic rings. The first-order valence-corrected chi connectivity index (χ1v) is 25.4. The third-order valence-electron chi connectivity index (χ3n) is 9.85. The predicted molar refractivity (Wildman–Crippen MR) is 293 cm³/mol. The van der Waals surface area contributed by atoms with E-state index in [1.54, 1.807) is 107 Å². The van der Waals surface area contributed by atoms with Crippen molar-refractivity contribution in [2.24, 2.45) is 0 Å². The molecule has 0 aliphatic rings. The molecule has 79 heavy (non-hydrogen) atoms. The summed E-state index contributed by atoms with van der Waals surface area (Å²) in [5.41, 5.74) is -1.25. The van der Waals surface area contributed by atoms with Crippen molar-refractivity contribution < 1.29 is 80.3 Å². The number of benzene rings is 4. The van der Waals surface area contributed by atoms with Crippen LogP contribution in [-0.4, -0.2) is 97.2 Å². The summed E-state index contributed by atoms with van der Waals surface area (Å²) in [5.74, 6) is -2.76. The summed E-state index contributed by atoms with van der Waals surface area (Å²) in [5, 5.41) is 16.4. The van der Waals surface area contributed by atoms with Gasteiger partial charge in [-0.25, -0.2) is 43.4 Å². The van der Waals surface area contributed by atoms with Gasteiger partial charge in [-0.05, 0) is 182 Å². The highest BCUT2D eigenvalue weighted by Crippen LogP contribution is 2.31. The molecule has 2 atom stereocenters. The van der Waals surface area contributed by atoms with E-state index in [1.807, 2.05) is 104 Å². The molecule has 6 amide bonds. The van der Waals surface area contributed by atoms with Crippen molar-refractivity contribution in [2.45, 2.75) is 203 Å². The van der Waals surface area contributed by atoms with Crippen LogP contribution in [0.15, 0.2) is 72.8 Å². The molecule has 0 fully saturated rings. The number of carbonyl (C=O) groups excluding carboxylic acids is 6. The summed E-state index contributed by atoms with van der Waals surface area (Å²) in [4.78, 5) is 87.6. The maximum Gasteiger partial charge on any atom is 0.490 e. The van der Waals surface area contributed by atoms with Gasteiger partial charge in [0.15, 0.2) is 0 Å². The quantitative estimate of drug-likeness (QED) is 0.140. The van der Waals surface area contributed by atoms with Gasteiger partial charge in [-0.2, -0.15) is 13.2 Å². The van der Waals surface area contributed by atoms with Crippen LogP contribution in [0, 0.1) is 0 Å². The molecule has 0 saturated heterocycles. The number of imide groups is 2. The van der Waals surface area contributed by atoms with Crippen molar-refractivity contribution in [1.29, 1.82) is 0 Å². The average Bonchev–Trinajstić information content (AvgIpc) is 3.23.